The molecule has 0 heterocycles. The second kappa shape index (κ2) is 9.30. The van der Waals surface area contributed by atoms with Crippen LogP contribution in [0.5, 0.6) is 0 Å². The molecule has 6 heteroatoms. The fraction of sp³-hybridized carbons (Fsp3) is 0.500. The van der Waals surface area contributed by atoms with E-state index in [1.807, 2.05) is 31.2 Å². The quantitative estimate of drug-likeness (QED) is 0.624. The number of amides is 1. The maximum atomic E-state index is 11.7. The van der Waals surface area contributed by atoms with Crippen molar-refractivity contribution in [2.75, 3.05) is 27.2 Å². The molecule has 5 nitrogen and oxygen atoms in total. The monoisotopic (exact) mass is 324 g/mol. The van der Waals surface area contributed by atoms with E-state index >= 15 is 0 Å². The lowest BCUT2D eigenvalue weighted by atomic mass is 10.1. The highest BCUT2D eigenvalue weighted by atomic mass is 35.5. The molecule has 0 saturated carbocycles. The molecule has 0 aromatic heterocycles. The number of benzene rings is 1. The molecule has 122 valence electrons. The van der Waals surface area contributed by atoms with E-state index in [0.29, 0.717) is 11.0 Å². The molecule has 1 unspecified atom stereocenters. The summed E-state index contributed by atoms with van der Waals surface area (Å²) in [5.74, 6) is 0.595. The maximum Gasteiger partial charge on any atom is 0.243 e. The lowest BCUT2D eigenvalue weighted by Crippen LogP contribution is -2.40. The molecule has 0 aliphatic carbocycles. The van der Waals surface area contributed by atoms with Crippen LogP contribution in [0, 0.1) is 0 Å². The number of rotatable bonds is 6. The molecule has 2 N–H and O–H groups in total. The number of likely N-dealkylation sites (N-methyl/N-ethyl adjacent to an activating group) is 1. The SMILES string of the molecule is CCCNC(=NCC(=O)N(C)C)NC(C)c1cccc(Cl)c1. The zero-order chi connectivity index (χ0) is 16.5. The Balaban J connectivity index is 2.75. The number of carbonyl (C=O) groups is 1. The summed E-state index contributed by atoms with van der Waals surface area (Å²) in [5, 5.41) is 7.22. The Morgan fingerprint density at radius 1 is 1.41 bits per heavy atom. The van der Waals surface area contributed by atoms with E-state index in [1.165, 1.54) is 4.90 Å². The van der Waals surface area contributed by atoms with Gasteiger partial charge >= 0.3 is 0 Å². The molecule has 0 aliphatic rings. The molecule has 0 bridgehead atoms. The Kier molecular flexibility index (Phi) is 7.74. The molecule has 22 heavy (non-hydrogen) atoms. The first-order valence-electron chi connectivity index (χ1n) is 7.44. The molecule has 0 spiro atoms. The number of nitrogens with zero attached hydrogens (tertiary/aromatic N) is 2. The molecule has 1 atom stereocenters. The van der Waals surface area contributed by atoms with Crippen LogP contribution in [-0.2, 0) is 4.79 Å². The first-order chi connectivity index (χ1) is 10.4. The number of nitrogens with one attached hydrogen (secondary N) is 2. The van der Waals surface area contributed by atoms with E-state index in [2.05, 4.69) is 22.5 Å². The van der Waals surface area contributed by atoms with Gasteiger partial charge in [0.15, 0.2) is 5.96 Å². The van der Waals surface area contributed by atoms with Crippen LogP contribution >= 0.6 is 11.6 Å². The van der Waals surface area contributed by atoms with Gasteiger partial charge in [-0.1, -0.05) is 30.7 Å². The highest BCUT2D eigenvalue weighted by molar-refractivity contribution is 6.30. The van der Waals surface area contributed by atoms with Crippen molar-refractivity contribution in [3.8, 4) is 0 Å². The largest absolute Gasteiger partial charge is 0.356 e. The van der Waals surface area contributed by atoms with Crippen molar-refractivity contribution in [3.05, 3.63) is 34.9 Å². The van der Waals surface area contributed by atoms with Gasteiger partial charge in [-0.05, 0) is 31.0 Å². The van der Waals surface area contributed by atoms with Crippen molar-refractivity contribution in [2.45, 2.75) is 26.3 Å². The van der Waals surface area contributed by atoms with Gasteiger partial charge in [-0.25, -0.2) is 4.99 Å². The molecule has 1 aromatic rings. The van der Waals surface area contributed by atoms with Crippen molar-refractivity contribution in [2.24, 2.45) is 4.99 Å². The fourth-order valence-corrected chi connectivity index (χ4v) is 1.95. The molecule has 1 rings (SSSR count). The number of aliphatic imine (C=N–C) groups is 1. The average molecular weight is 325 g/mol. The van der Waals surface area contributed by atoms with Crippen LogP contribution in [0.4, 0.5) is 0 Å². The third kappa shape index (κ3) is 6.35. The summed E-state index contributed by atoms with van der Waals surface area (Å²) in [4.78, 5) is 17.5. The number of hydrogen-bond acceptors (Lipinski definition) is 2. The Labute approximate surface area is 137 Å². The van der Waals surface area contributed by atoms with E-state index in [4.69, 9.17) is 11.6 Å². The Morgan fingerprint density at radius 2 is 2.14 bits per heavy atom. The van der Waals surface area contributed by atoms with Gasteiger partial charge in [-0.15, -0.1) is 0 Å². The normalized spacial score (nSPS) is 12.7. The smallest absolute Gasteiger partial charge is 0.243 e. The maximum absolute atomic E-state index is 11.7. The van der Waals surface area contributed by atoms with E-state index in [9.17, 15) is 4.79 Å². The summed E-state index contributed by atoms with van der Waals surface area (Å²) in [5.41, 5.74) is 1.07. The van der Waals surface area contributed by atoms with Gasteiger partial charge in [0.25, 0.3) is 0 Å². The Morgan fingerprint density at radius 3 is 2.73 bits per heavy atom. The number of hydrogen-bond donors (Lipinski definition) is 2. The summed E-state index contributed by atoms with van der Waals surface area (Å²) in [6, 6.07) is 7.73. The number of carbonyl (C=O) groups excluding carboxylic acids is 1. The van der Waals surface area contributed by atoms with Gasteiger partial charge in [0.1, 0.15) is 6.54 Å². The molecular formula is C16H25ClN4O. The molecule has 0 saturated heterocycles. The van der Waals surface area contributed by atoms with Gasteiger partial charge in [0, 0.05) is 25.7 Å². The molecule has 1 aromatic carbocycles. The molecule has 0 radical (unpaired) electrons. The van der Waals surface area contributed by atoms with Crippen LogP contribution in [0.15, 0.2) is 29.3 Å². The van der Waals surface area contributed by atoms with Crippen LogP contribution in [-0.4, -0.2) is 44.0 Å². The van der Waals surface area contributed by atoms with Gasteiger partial charge < -0.3 is 15.5 Å². The zero-order valence-corrected chi connectivity index (χ0v) is 14.4. The van der Waals surface area contributed by atoms with Gasteiger partial charge in [-0.3, -0.25) is 4.79 Å². The van der Waals surface area contributed by atoms with Crippen molar-refractivity contribution < 1.29 is 4.79 Å². The summed E-state index contributed by atoms with van der Waals surface area (Å²) in [6.07, 6.45) is 0.980. The predicted molar refractivity (Wildman–Crippen MR) is 92.3 cm³/mol. The average Bonchev–Trinajstić information content (AvgIpc) is 2.49. The number of halogens is 1. The van der Waals surface area contributed by atoms with Gasteiger partial charge in [0.05, 0.1) is 6.04 Å². The third-order valence-corrected chi connectivity index (χ3v) is 3.35. The van der Waals surface area contributed by atoms with Crippen LogP contribution in [0.1, 0.15) is 31.9 Å². The number of guanidine groups is 1. The first-order valence-corrected chi connectivity index (χ1v) is 7.82. The molecule has 1 amide bonds. The standard InChI is InChI=1S/C16H25ClN4O/c1-5-9-18-16(19-11-15(22)21(3)4)20-12(2)13-7-6-8-14(17)10-13/h6-8,10,12H,5,9,11H2,1-4H3,(H2,18,19,20). The molecular weight excluding hydrogens is 300 g/mol. The summed E-state index contributed by atoms with van der Waals surface area (Å²) < 4.78 is 0. The van der Waals surface area contributed by atoms with E-state index in [0.717, 1.165) is 18.5 Å². The minimum absolute atomic E-state index is 0.0343. The molecule has 0 fully saturated rings. The van der Waals surface area contributed by atoms with Crippen molar-refractivity contribution in [3.63, 3.8) is 0 Å². The summed E-state index contributed by atoms with van der Waals surface area (Å²) in [6.45, 7) is 5.02. The fourth-order valence-electron chi connectivity index (χ4n) is 1.75. The second-order valence-electron chi connectivity index (χ2n) is 5.30. The van der Waals surface area contributed by atoms with Crippen molar-refractivity contribution >= 4 is 23.5 Å². The lowest BCUT2D eigenvalue weighted by molar-refractivity contribution is -0.127. The van der Waals surface area contributed by atoms with Gasteiger partial charge in [-0.2, -0.15) is 0 Å². The highest BCUT2D eigenvalue weighted by Gasteiger charge is 2.09. The summed E-state index contributed by atoms with van der Waals surface area (Å²) in [7, 11) is 3.44. The van der Waals surface area contributed by atoms with Crippen molar-refractivity contribution in [1.29, 1.82) is 0 Å². The van der Waals surface area contributed by atoms with E-state index < -0.39 is 0 Å². The zero-order valence-electron chi connectivity index (χ0n) is 13.7. The van der Waals surface area contributed by atoms with Crippen LogP contribution in [0.2, 0.25) is 5.02 Å². The lowest BCUT2D eigenvalue weighted by Gasteiger charge is -2.19. The minimum atomic E-state index is -0.0343. The predicted octanol–water partition coefficient (Wildman–Crippen LogP) is 2.43. The van der Waals surface area contributed by atoms with E-state index in [1.54, 1.807) is 14.1 Å². The third-order valence-electron chi connectivity index (χ3n) is 3.12. The van der Waals surface area contributed by atoms with Crippen LogP contribution in [0.25, 0.3) is 0 Å². The van der Waals surface area contributed by atoms with E-state index in [-0.39, 0.29) is 18.5 Å². The second-order valence-corrected chi connectivity index (χ2v) is 5.74. The summed E-state index contributed by atoms with van der Waals surface area (Å²) >= 11 is 6.02. The van der Waals surface area contributed by atoms with Crippen LogP contribution < -0.4 is 10.6 Å². The van der Waals surface area contributed by atoms with Crippen molar-refractivity contribution in [1.82, 2.24) is 15.5 Å². The van der Waals surface area contributed by atoms with Crippen LogP contribution in [0.3, 0.4) is 0 Å². The first kappa shape index (κ1) is 18.3. The topological polar surface area (TPSA) is 56.7 Å². The molecule has 0 aliphatic heterocycles. The minimum Gasteiger partial charge on any atom is -0.356 e. The Bertz CT molecular complexity index is 517. The Hall–Kier alpha value is -1.75. The highest BCUT2D eigenvalue weighted by Crippen LogP contribution is 2.17. The van der Waals surface area contributed by atoms with Gasteiger partial charge in [0.2, 0.25) is 5.91 Å².